The average Bonchev–Trinajstić information content (AvgIpc) is 2.13. The van der Waals surface area contributed by atoms with Crippen molar-refractivity contribution in [1.29, 1.82) is 0 Å². The van der Waals surface area contributed by atoms with Crippen LogP contribution in [-0.4, -0.2) is 33.0 Å². The van der Waals surface area contributed by atoms with Crippen LogP contribution in [0.3, 0.4) is 0 Å². The molecule has 1 aliphatic carbocycles. The van der Waals surface area contributed by atoms with Gasteiger partial charge in [0.15, 0.2) is 0 Å². The van der Waals surface area contributed by atoms with Gasteiger partial charge in [-0.2, -0.15) is 0 Å². The van der Waals surface area contributed by atoms with Crippen molar-refractivity contribution in [3.8, 4) is 0 Å². The third kappa shape index (κ3) is 5.52. The molecule has 0 aromatic carbocycles. The maximum Gasteiger partial charge on any atom is 0.150 e. The summed E-state index contributed by atoms with van der Waals surface area (Å²) in [6.45, 7) is 3.60. The average molecular weight is 233 g/mol. The Kier molecular flexibility index (Phi) is 5.61. The predicted molar refractivity (Wildman–Crippen MR) is 63.8 cm³/mol. The highest BCUT2D eigenvalue weighted by molar-refractivity contribution is 7.91. The summed E-state index contributed by atoms with van der Waals surface area (Å²) in [4.78, 5) is 0. The van der Waals surface area contributed by atoms with Gasteiger partial charge in [0, 0.05) is 5.75 Å². The molecule has 15 heavy (non-hydrogen) atoms. The van der Waals surface area contributed by atoms with Crippen LogP contribution in [0.4, 0.5) is 0 Å². The summed E-state index contributed by atoms with van der Waals surface area (Å²) in [5.74, 6) is 1.55. The molecule has 0 aliphatic heterocycles. The summed E-state index contributed by atoms with van der Waals surface area (Å²) in [5.41, 5.74) is 0. The van der Waals surface area contributed by atoms with Crippen LogP contribution in [0.25, 0.3) is 0 Å². The number of sulfone groups is 1. The molecule has 1 saturated carbocycles. The van der Waals surface area contributed by atoms with E-state index in [1.54, 1.807) is 6.92 Å². The molecule has 3 nitrogen and oxygen atoms in total. The van der Waals surface area contributed by atoms with E-state index in [-0.39, 0.29) is 5.75 Å². The third-order valence-electron chi connectivity index (χ3n) is 3.20. The molecular formula is C11H23NO2S. The van der Waals surface area contributed by atoms with E-state index in [2.05, 4.69) is 5.32 Å². The zero-order valence-electron chi connectivity index (χ0n) is 9.67. The molecule has 0 heterocycles. The molecule has 0 aromatic heterocycles. The number of nitrogens with one attached hydrogen (secondary N) is 1. The zero-order chi connectivity index (χ0) is 11.1. The van der Waals surface area contributed by atoms with Crippen molar-refractivity contribution in [2.24, 2.45) is 5.92 Å². The molecule has 1 rings (SSSR count). The van der Waals surface area contributed by atoms with Crippen LogP contribution in [0, 0.1) is 5.92 Å². The van der Waals surface area contributed by atoms with Crippen LogP contribution in [-0.2, 0) is 9.84 Å². The van der Waals surface area contributed by atoms with Crippen LogP contribution in [0.2, 0.25) is 0 Å². The molecule has 4 heteroatoms. The minimum Gasteiger partial charge on any atom is -0.317 e. The van der Waals surface area contributed by atoms with Crippen LogP contribution in [0.5, 0.6) is 0 Å². The maximum absolute atomic E-state index is 11.2. The smallest absolute Gasteiger partial charge is 0.150 e. The molecule has 0 atom stereocenters. The number of rotatable bonds is 8. The first-order valence-corrected chi connectivity index (χ1v) is 7.87. The second-order valence-electron chi connectivity index (χ2n) is 4.43. The van der Waals surface area contributed by atoms with Crippen molar-refractivity contribution in [1.82, 2.24) is 5.32 Å². The van der Waals surface area contributed by atoms with E-state index >= 15 is 0 Å². The van der Waals surface area contributed by atoms with E-state index in [0.29, 0.717) is 5.75 Å². The number of hydrogen-bond acceptors (Lipinski definition) is 3. The normalized spacial score (nSPS) is 17.7. The second-order valence-corrected chi connectivity index (χ2v) is 6.90. The minimum absolute atomic E-state index is 0.273. The monoisotopic (exact) mass is 233 g/mol. The van der Waals surface area contributed by atoms with Gasteiger partial charge in [-0.3, -0.25) is 0 Å². The first-order chi connectivity index (χ1) is 7.14. The molecule has 90 valence electrons. The Hall–Kier alpha value is -0.0900. The van der Waals surface area contributed by atoms with Crippen LogP contribution < -0.4 is 5.32 Å². The van der Waals surface area contributed by atoms with E-state index in [9.17, 15) is 8.42 Å². The fraction of sp³-hybridized carbons (Fsp3) is 1.00. The molecule has 0 radical (unpaired) electrons. The molecule has 0 aromatic rings. The van der Waals surface area contributed by atoms with Gasteiger partial charge >= 0.3 is 0 Å². The van der Waals surface area contributed by atoms with Crippen LogP contribution in [0.15, 0.2) is 0 Å². The molecule has 0 spiro atoms. The van der Waals surface area contributed by atoms with E-state index in [4.69, 9.17) is 0 Å². The Balaban J connectivity index is 1.88. The zero-order valence-corrected chi connectivity index (χ0v) is 10.5. The fourth-order valence-corrected chi connectivity index (χ4v) is 2.65. The highest BCUT2D eigenvalue weighted by atomic mass is 32.2. The molecule has 0 unspecified atom stereocenters. The summed E-state index contributed by atoms with van der Waals surface area (Å²) in [6.07, 6.45) is 6.21. The molecule has 0 saturated heterocycles. The van der Waals surface area contributed by atoms with E-state index < -0.39 is 9.84 Å². The van der Waals surface area contributed by atoms with Gasteiger partial charge in [0.1, 0.15) is 9.84 Å². The lowest BCUT2D eigenvalue weighted by atomic mass is 9.83. The summed E-state index contributed by atoms with van der Waals surface area (Å²) >= 11 is 0. The molecular weight excluding hydrogens is 210 g/mol. The molecule has 0 amide bonds. The fourth-order valence-electron chi connectivity index (χ4n) is 1.77. The second kappa shape index (κ2) is 6.48. The summed E-state index contributed by atoms with van der Waals surface area (Å²) in [7, 11) is -2.76. The van der Waals surface area contributed by atoms with Gasteiger partial charge in [-0.15, -0.1) is 0 Å². The highest BCUT2D eigenvalue weighted by Gasteiger charge is 2.16. The maximum atomic E-state index is 11.2. The quantitative estimate of drug-likeness (QED) is 0.648. The van der Waals surface area contributed by atoms with Crippen molar-refractivity contribution in [2.45, 2.75) is 39.0 Å². The topological polar surface area (TPSA) is 46.2 Å². The highest BCUT2D eigenvalue weighted by Crippen LogP contribution is 2.28. The molecule has 1 N–H and O–H groups in total. The van der Waals surface area contributed by atoms with Crippen molar-refractivity contribution < 1.29 is 8.42 Å². The van der Waals surface area contributed by atoms with Crippen molar-refractivity contribution in [3.63, 3.8) is 0 Å². The Morgan fingerprint density at radius 2 is 2.00 bits per heavy atom. The van der Waals surface area contributed by atoms with E-state index in [1.807, 2.05) is 0 Å². The first-order valence-electron chi connectivity index (χ1n) is 6.05. The van der Waals surface area contributed by atoms with E-state index in [1.165, 1.54) is 25.7 Å². The summed E-state index contributed by atoms with van der Waals surface area (Å²) in [6, 6.07) is 0. The van der Waals surface area contributed by atoms with Crippen LogP contribution in [0.1, 0.15) is 39.0 Å². The van der Waals surface area contributed by atoms with Gasteiger partial charge in [0.2, 0.25) is 0 Å². The standard InChI is InChI=1S/C11H23NO2S/c1-2-15(13,14)10-4-8-12-9-7-11-5-3-6-11/h11-12H,2-10H2,1H3. The first kappa shape index (κ1) is 13.0. The van der Waals surface area contributed by atoms with Crippen molar-refractivity contribution in [2.75, 3.05) is 24.6 Å². The van der Waals surface area contributed by atoms with Gasteiger partial charge in [-0.05, 0) is 31.8 Å². The largest absolute Gasteiger partial charge is 0.317 e. The van der Waals surface area contributed by atoms with Gasteiger partial charge < -0.3 is 5.32 Å². The molecule has 0 bridgehead atoms. The molecule has 1 aliphatic rings. The van der Waals surface area contributed by atoms with E-state index in [0.717, 1.165) is 25.4 Å². The third-order valence-corrected chi connectivity index (χ3v) is 4.99. The van der Waals surface area contributed by atoms with Crippen molar-refractivity contribution >= 4 is 9.84 Å². The minimum atomic E-state index is -2.76. The lowest BCUT2D eigenvalue weighted by molar-refractivity contribution is 0.292. The summed E-state index contributed by atoms with van der Waals surface area (Å²) < 4.78 is 22.3. The SMILES string of the molecule is CCS(=O)(=O)CCCNCCC1CCC1. The Labute approximate surface area is 93.6 Å². The Morgan fingerprint density at radius 3 is 2.53 bits per heavy atom. The van der Waals surface area contributed by atoms with Gasteiger partial charge in [0.25, 0.3) is 0 Å². The van der Waals surface area contributed by atoms with Gasteiger partial charge in [0.05, 0.1) is 5.75 Å². The summed E-state index contributed by atoms with van der Waals surface area (Å²) in [5, 5.41) is 3.32. The van der Waals surface area contributed by atoms with Gasteiger partial charge in [-0.1, -0.05) is 26.2 Å². The molecule has 1 fully saturated rings. The van der Waals surface area contributed by atoms with Gasteiger partial charge in [-0.25, -0.2) is 8.42 Å². The number of hydrogen-bond donors (Lipinski definition) is 1. The lowest BCUT2D eigenvalue weighted by Gasteiger charge is -2.25. The predicted octanol–water partition coefficient (Wildman–Crippen LogP) is 1.59. The van der Waals surface area contributed by atoms with Crippen LogP contribution >= 0.6 is 0 Å². The Bertz CT molecular complexity index is 258. The van der Waals surface area contributed by atoms with Crippen molar-refractivity contribution in [3.05, 3.63) is 0 Å². The Morgan fingerprint density at radius 1 is 1.27 bits per heavy atom. The lowest BCUT2D eigenvalue weighted by Crippen LogP contribution is -2.23.